The summed E-state index contributed by atoms with van der Waals surface area (Å²) in [6.07, 6.45) is -0.650. The molecule has 0 unspecified atom stereocenters. The molecular formula is C23H26N4O6S. The number of pyridine rings is 1. The number of ether oxygens (including phenoxy) is 1. The van der Waals surface area contributed by atoms with E-state index in [9.17, 15) is 22.8 Å². The number of sulfonamides is 1. The summed E-state index contributed by atoms with van der Waals surface area (Å²) in [5.74, 6) is -0.591. The highest BCUT2D eigenvalue weighted by molar-refractivity contribution is 7.89. The molecule has 0 saturated carbocycles. The number of alkyl carbamates (subject to hydrolysis) is 1. The van der Waals surface area contributed by atoms with E-state index in [4.69, 9.17) is 4.74 Å². The maximum Gasteiger partial charge on any atom is 0.407 e. The number of carbonyl (C=O) groups excluding carboxylic acids is 2. The minimum absolute atomic E-state index is 0.0277. The maximum absolute atomic E-state index is 12.6. The van der Waals surface area contributed by atoms with Gasteiger partial charge in [-0.25, -0.2) is 17.9 Å². The summed E-state index contributed by atoms with van der Waals surface area (Å²) in [6.45, 7) is 5.13. The first-order chi connectivity index (χ1) is 15.9. The second-order valence-electron chi connectivity index (χ2n) is 8.41. The molecule has 34 heavy (non-hydrogen) atoms. The topological polar surface area (TPSA) is 146 Å². The molecule has 1 aromatic heterocycles. The molecular weight excluding hydrogens is 460 g/mol. The predicted molar refractivity (Wildman–Crippen MR) is 128 cm³/mol. The van der Waals surface area contributed by atoms with Crippen LogP contribution < -0.4 is 20.9 Å². The van der Waals surface area contributed by atoms with Crippen molar-refractivity contribution in [2.45, 2.75) is 31.3 Å². The van der Waals surface area contributed by atoms with Crippen LogP contribution in [-0.2, 0) is 14.8 Å². The van der Waals surface area contributed by atoms with Crippen LogP contribution in [0.3, 0.4) is 0 Å². The third kappa shape index (κ3) is 6.65. The second-order valence-corrected chi connectivity index (χ2v) is 10.2. The summed E-state index contributed by atoms with van der Waals surface area (Å²) in [5.41, 5.74) is -0.783. The number of carbonyl (C=O) groups is 2. The van der Waals surface area contributed by atoms with Gasteiger partial charge >= 0.3 is 6.09 Å². The second kappa shape index (κ2) is 10.1. The summed E-state index contributed by atoms with van der Waals surface area (Å²) >= 11 is 0. The first kappa shape index (κ1) is 24.9. The zero-order chi connectivity index (χ0) is 24.9. The summed E-state index contributed by atoms with van der Waals surface area (Å²) in [4.78, 5) is 39.0. The van der Waals surface area contributed by atoms with Gasteiger partial charge < -0.3 is 20.4 Å². The molecule has 2 amide bonds. The normalized spacial score (nSPS) is 11.7. The lowest BCUT2D eigenvalue weighted by Gasteiger charge is -2.19. The Morgan fingerprint density at radius 3 is 2.47 bits per heavy atom. The van der Waals surface area contributed by atoms with Crippen LogP contribution in [0.1, 0.15) is 31.3 Å². The molecule has 10 nitrogen and oxygen atoms in total. The van der Waals surface area contributed by atoms with Gasteiger partial charge in [0, 0.05) is 24.2 Å². The van der Waals surface area contributed by atoms with Gasteiger partial charge in [-0.3, -0.25) is 9.59 Å². The van der Waals surface area contributed by atoms with Gasteiger partial charge in [-0.05, 0) is 56.5 Å². The SMILES string of the molecule is CC(C)(C)OC(=O)NCCNS(=O)(=O)c1cccc(NC(=O)c2cc3ccccc3c(=O)[nH]2)c1. The molecule has 4 N–H and O–H groups in total. The van der Waals surface area contributed by atoms with Crippen molar-refractivity contribution in [3.05, 3.63) is 70.6 Å². The van der Waals surface area contributed by atoms with E-state index in [0.29, 0.717) is 10.8 Å². The average Bonchev–Trinajstić information content (AvgIpc) is 2.76. The van der Waals surface area contributed by atoms with Crippen LogP contribution in [-0.4, -0.2) is 44.1 Å². The molecule has 3 rings (SSSR count). The Labute approximate surface area is 196 Å². The van der Waals surface area contributed by atoms with Gasteiger partial charge in [0.2, 0.25) is 10.0 Å². The van der Waals surface area contributed by atoms with Crippen molar-refractivity contribution >= 4 is 38.5 Å². The van der Waals surface area contributed by atoms with Crippen LogP contribution in [0.4, 0.5) is 10.5 Å². The van der Waals surface area contributed by atoms with E-state index < -0.39 is 33.2 Å². The summed E-state index contributed by atoms with van der Waals surface area (Å²) in [5, 5.41) is 6.12. The fourth-order valence-corrected chi connectivity index (χ4v) is 4.10. The zero-order valence-electron chi connectivity index (χ0n) is 19.0. The number of anilines is 1. The lowest BCUT2D eigenvalue weighted by molar-refractivity contribution is 0.0528. The molecule has 0 aliphatic carbocycles. The van der Waals surface area contributed by atoms with Gasteiger partial charge in [0.25, 0.3) is 11.5 Å². The number of rotatable bonds is 7. The number of amides is 2. The van der Waals surface area contributed by atoms with E-state index in [1.54, 1.807) is 51.1 Å². The number of benzene rings is 2. The van der Waals surface area contributed by atoms with Crippen LogP contribution >= 0.6 is 0 Å². The van der Waals surface area contributed by atoms with Crippen LogP contribution in [0.25, 0.3) is 10.8 Å². The standard InChI is InChI=1S/C23H26N4O6S/c1-23(2,3)33-22(30)24-11-12-25-34(31,32)17-9-6-8-16(14-17)26-21(29)19-13-15-7-4-5-10-18(15)20(28)27-19/h4-10,13-14,25H,11-12H2,1-3H3,(H,24,30)(H,26,29)(H,27,28). The smallest absolute Gasteiger partial charge is 0.407 e. The number of aromatic amines is 1. The monoisotopic (exact) mass is 486 g/mol. The van der Waals surface area contributed by atoms with Crippen LogP contribution in [0.2, 0.25) is 0 Å². The third-order valence-corrected chi connectivity index (χ3v) is 5.94. The van der Waals surface area contributed by atoms with Gasteiger partial charge in [0.15, 0.2) is 0 Å². The van der Waals surface area contributed by atoms with Crippen molar-refractivity contribution in [3.63, 3.8) is 0 Å². The number of fused-ring (bicyclic) bond motifs is 1. The molecule has 0 bridgehead atoms. The summed E-state index contributed by atoms with van der Waals surface area (Å²) in [7, 11) is -3.90. The first-order valence-electron chi connectivity index (χ1n) is 10.4. The Morgan fingerprint density at radius 1 is 1.00 bits per heavy atom. The van der Waals surface area contributed by atoms with E-state index >= 15 is 0 Å². The number of hydrogen-bond donors (Lipinski definition) is 4. The largest absolute Gasteiger partial charge is 0.444 e. The van der Waals surface area contributed by atoms with E-state index in [1.807, 2.05) is 0 Å². The highest BCUT2D eigenvalue weighted by atomic mass is 32.2. The van der Waals surface area contributed by atoms with Crippen molar-refractivity contribution in [1.29, 1.82) is 0 Å². The molecule has 0 atom stereocenters. The fourth-order valence-electron chi connectivity index (χ4n) is 3.02. The third-order valence-electron chi connectivity index (χ3n) is 4.49. The molecule has 0 spiro atoms. The molecule has 11 heteroatoms. The lowest BCUT2D eigenvalue weighted by Crippen LogP contribution is -2.37. The molecule has 0 aliphatic rings. The van der Waals surface area contributed by atoms with Gasteiger partial charge in [0.1, 0.15) is 11.3 Å². The Bertz CT molecular complexity index is 1380. The summed E-state index contributed by atoms with van der Waals surface area (Å²) in [6, 6.07) is 14.1. The molecule has 180 valence electrons. The number of H-pyrrole nitrogens is 1. The van der Waals surface area contributed by atoms with Gasteiger partial charge in [-0.15, -0.1) is 0 Å². The Hall–Kier alpha value is -3.70. The molecule has 0 radical (unpaired) electrons. The van der Waals surface area contributed by atoms with Crippen LogP contribution in [0.5, 0.6) is 0 Å². The average molecular weight is 487 g/mol. The number of nitrogens with one attached hydrogen (secondary N) is 4. The molecule has 1 heterocycles. The minimum atomic E-state index is -3.90. The Balaban J connectivity index is 1.64. The van der Waals surface area contributed by atoms with Crippen molar-refractivity contribution in [2.24, 2.45) is 0 Å². The van der Waals surface area contributed by atoms with E-state index in [0.717, 1.165) is 0 Å². The Morgan fingerprint density at radius 2 is 1.74 bits per heavy atom. The molecule has 3 aromatic rings. The molecule has 0 aliphatic heterocycles. The maximum atomic E-state index is 12.6. The quantitative estimate of drug-likeness (QED) is 0.378. The zero-order valence-corrected chi connectivity index (χ0v) is 19.8. The van der Waals surface area contributed by atoms with E-state index in [2.05, 4.69) is 20.3 Å². The molecule has 0 saturated heterocycles. The van der Waals surface area contributed by atoms with Gasteiger partial charge in [-0.1, -0.05) is 24.3 Å². The van der Waals surface area contributed by atoms with Crippen LogP contribution in [0, 0.1) is 0 Å². The molecule has 2 aromatic carbocycles. The number of aromatic nitrogens is 1. The predicted octanol–water partition coefficient (Wildman–Crippen LogP) is 2.58. The molecule has 0 fully saturated rings. The minimum Gasteiger partial charge on any atom is -0.444 e. The van der Waals surface area contributed by atoms with Crippen molar-refractivity contribution in [3.8, 4) is 0 Å². The van der Waals surface area contributed by atoms with Gasteiger partial charge in [-0.2, -0.15) is 0 Å². The van der Waals surface area contributed by atoms with Crippen molar-refractivity contribution in [2.75, 3.05) is 18.4 Å². The summed E-state index contributed by atoms with van der Waals surface area (Å²) < 4.78 is 32.6. The lowest BCUT2D eigenvalue weighted by atomic mass is 10.1. The van der Waals surface area contributed by atoms with Crippen LogP contribution in [0.15, 0.2) is 64.3 Å². The van der Waals surface area contributed by atoms with Gasteiger partial charge in [0.05, 0.1) is 4.90 Å². The van der Waals surface area contributed by atoms with E-state index in [1.165, 1.54) is 24.3 Å². The first-order valence-corrected chi connectivity index (χ1v) is 11.9. The van der Waals surface area contributed by atoms with E-state index in [-0.39, 0.29) is 29.4 Å². The van der Waals surface area contributed by atoms with Crippen molar-refractivity contribution < 1.29 is 22.7 Å². The van der Waals surface area contributed by atoms with Crippen molar-refractivity contribution in [1.82, 2.24) is 15.0 Å². The Kier molecular flexibility index (Phi) is 7.38. The highest BCUT2D eigenvalue weighted by Crippen LogP contribution is 2.17. The fraction of sp³-hybridized carbons (Fsp3) is 0.261. The number of hydrogen-bond acceptors (Lipinski definition) is 6. The highest BCUT2D eigenvalue weighted by Gasteiger charge is 2.18.